The summed E-state index contributed by atoms with van der Waals surface area (Å²) in [6.45, 7) is 4.73. The van der Waals surface area contributed by atoms with Gasteiger partial charge >= 0.3 is 0 Å². The third kappa shape index (κ3) is 4.55. The number of nitrogens with one attached hydrogen (secondary N) is 1. The average Bonchev–Trinajstić information content (AvgIpc) is 2.53. The summed E-state index contributed by atoms with van der Waals surface area (Å²) in [4.78, 5) is 22.3. The van der Waals surface area contributed by atoms with Crippen molar-refractivity contribution in [2.45, 2.75) is 26.3 Å². The maximum Gasteiger partial charge on any atom is 0.253 e. The van der Waals surface area contributed by atoms with Crippen molar-refractivity contribution in [3.8, 4) is 0 Å². The molecule has 2 aromatic rings. The van der Waals surface area contributed by atoms with Gasteiger partial charge in [-0.3, -0.25) is 14.8 Å². The number of pyridine rings is 2. The molecule has 1 N–H and O–H groups in total. The fraction of sp³-hybridized carbons (Fsp3) is 0.353. The van der Waals surface area contributed by atoms with E-state index in [0.717, 1.165) is 18.7 Å². The molecule has 0 bridgehead atoms. The van der Waals surface area contributed by atoms with Gasteiger partial charge in [0.2, 0.25) is 0 Å². The van der Waals surface area contributed by atoms with Gasteiger partial charge in [0.15, 0.2) is 0 Å². The van der Waals surface area contributed by atoms with Crippen molar-refractivity contribution in [2.75, 3.05) is 18.5 Å². The number of aromatic nitrogens is 2. The molecule has 2 aromatic heterocycles. The van der Waals surface area contributed by atoms with E-state index in [1.165, 1.54) is 5.56 Å². The molecule has 2 rings (SSSR count). The maximum absolute atomic E-state index is 12.0. The highest BCUT2D eigenvalue weighted by molar-refractivity contribution is 5.94. The van der Waals surface area contributed by atoms with Crippen molar-refractivity contribution in [2.24, 2.45) is 0 Å². The average molecular weight is 298 g/mol. The van der Waals surface area contributed by atoms with Crippen molar-refractivity contribution in [1.82, 2.24) is 15.3 Å². The van der Waals surface area contributed by atoms with Crippen molar-refractivity contribution in [3.63, 3.8) is 0 Å². The Morgan fingerprint density at radius 3 is 2.64 bits per heavy atom. The largest absolute Gasteiger partial charge is 0.373 e. The molecule has 2 heterocycles. The van der Waals surface area contributed by atoms with Crippen LogP contribution in [0.2, 0.25) is 0 Å². The molecular formula is C17H22N4O. The van der Waals surface area contributed by atoms with Crippen LogP contribution in [0.15, 0.2) is 43.0 Å². The number of nitrogens with zero attached hydrogens (tertiary/aromatic N) is 3. The molecule has 0 saturated heterocycles. The van der Waals surface area contributed by atoms with Crippen LogP contribution in [0.25, 0.3) is 0 Å². The molecule has 0 fully saturated rings. The normalized spacial score (nSPS) is 10.5. The molecule has 0 aromatic carbocycles. The highest BCUT2D eigenvalue weighted by atomic mass is 16.1. The predicted molar refractivity (Wildman–Crippen MR) is 88.1 cm³/mol. The molecule has 1 amide bonds. The molecule has 0 spiro atoms. The molecule has 116 valence electrons. The lowest BCUT2D eigenvalue weighted by atomic mass is 10.2. The topological polar surface area (TPSA) is 58.1 Å². The first-order chi connectivity index (χ1) is 10.6. The van der Waals surface area contributed by atoms with Crippen molar-refractivity contribution < 1.29 is 4.79 Å². The van der Waals surface area contributed by atoms with Crippen LogP contribution in [0.3, 0.4) is 0 Å². The van der Waals surface area contributed by atoms with Gasteiger partial charge in [-0.25, -0.2) is 0 Å². The van der Waals surface area contributed by atoms with E-state index in [0.29, 0.717) is 5.56 Å². The van der Waals surface area contributed by atoms with Crippen molar-refractivity contribution >= 4 is 11.6 Å². The lowest BCUT2D eigenvalue weighted by molar-refractivity contribution is 0.0943. The minimum atomic E-state index is -0.0908. The molecule has 0 atom stereocenters. The Morgan fingerprint density at radius 1 is 1.23 bits per heavy atom. The van der Waals surface area contributed by atoms with Gasteiger partial charge in [0.05, 0.1) is 17.4 Å². The van der Waals surface area contributed by atoms with E-state index in [4.69, 9.17) is 0 Å². The van der Waals surface area contributed by atoms with E-state index in [2.05, 4.69) is 20.2 Å². The van der Waals surface area contributed by atoms with Gasteiger partial charge in [-0.05, 0) is 44.0 Å². The minimum absolute atomic E-state index is 0.0908. The van der Waals surface area contributed by atoms with Crippen LogP contribution in [-0.2, 0) is 6.42 Å². The minimum Gasteiger partial charge on any atom is -0.373 e. The van der Waals surface area contributed by atoms with Gasteiger partial charge in [-0.15, -0.1) is 0 Å². The Morgan fingerprint density at radius 2 is 1.95 bits per heavy atom. The molecule has 5 heteroatoms. The number of likely N-dealkylation sites (N-methyl/N-ethyl adjacent to an activating group) is 1. The van der Waals surface area contributed by atoms with Crippen LogP contribution in [-0.4, -0.2) is 35.5 Å². The zero-order chi connectivity index (χ0) is 15.9. The summed E-state index contributed by atoms with van der Waals surface area (Å²) < 4.78 is 0. The first kappa shape index (κ1) is 15.9. The summed E-state index contributed by atoms with van der Waals surface area (Å²) in [7, 11) is 2.00. The Balaban J connectivity index is 2.00. The highest BCUT2D eigenvalue weighted by Gasteiger charge is 2.10. The van der Waals surface area contributed by atoms with Gasteiger partial charge < -0.3 is 10.2 Å². The number of amides is 1. The van der Waals surface area contributed by atoms with Crippen molar-refractivity contribution in [1.29, 1.82) is 0 Å². The number of rotatable bonds is 6. The smallest absolute Gasteiger partial charge is 0.253 e. The fourth-order valence-electron chi connectivity index (χ4n) is 2.08. The summed E-state index contributed by atoms with van der Waals surface area (Å²) in [5.74, 6) is -0.0908. The summed E-state index contributed by atoms with van der Waals surface area (Å²) in [6, 6.07) is 6.01. The van der Waals surface area contributed by atoms with E-state index in [-0.39, 0.29) is 11.9 Å². The van der Waals surface area contributed by atoms with E-state index < -0.39 is 0 Å². The van der Waals surface area contributed by atoms with Crippen LogP contribution in [0.1, 0.15) is 29.8 Å². The molecule has 0 saturated carbocycles. The molecule has 0 aliphatic carbocycles. The number of carbonyl (C=O) groups is 1. The Labute approximate surface area is 131 Å². The Hall–Kier alpha value is -2.43. The van der Waals surface area contributed by atoms with Crippen LogP contribution in [0, 0.1) is 0 Å². The van der Waals surface area contributed by atoms with Crippen LogP contribution >= 0.6 is 0 Å². The van der Waals surface area contributed by atoms with E-state index in [1.807, 2.05) is 39.1 Å². The van der Waals surface area contributed by atoms with E-state index in [9.17, 15) is 4.79 Å². The zero-order valence-electron chi connectivity index (χ0n) is 13.3. The highest BCUT2D eigenvalue weighted by Crippen LogP contribution is 2.14. The first-order valence-corrected chi connectivity index (χ1v) is 7.42. The Bertz CT molecular complexity index is 613. The monoisotopic (exact) mass is 298 g/mol. The third-order valence-corrected chi connectivity index (χ3v) is 3.33. The standard InChI is InChI=1S/C17H22N4O/c1-13(2)20-17(22)15-10-16(12-19-11-15)21(3)9-6-14-4-7-18-8-5-14/h4-5,7-8,10-13H,6,9H2,1-3H3,(H,20,22). The fourth-order valence-corrected chi connectivity index (χ4v) is 2.08. The molecule has 0 radical (unpaired) electrons. The zero-order valence-corrected chi connectivity index (χ0v) is 13.3. The second-order valence-electron chi connectivity index (χ2n) is 5.59. The van der Waals surface area contributed by atoms with Gasteiger partial charge in [0.25, 0.3) is 5.91 Å². The van der Waals surface area contributed by atoms with Gasteiger partial charge in [0, 0.05) is 38.2 Å². The number of hydrogen-bond donors (Lipinski definition) is 1. The van der Waals surface area contributed by atoms with Crippen LogP contribution < -0.4 is 10.2 Å². The lowest BCUT2D eigenvalue weighted by Crippen LogP contribution is -2.30. The molecule has 0 aliphatic rings. The molecule has 5 nitrogen and oxygen atoms in total. The van der Waals surface area contributed by atoms with Crippen LogP contribution in [0.5, 0.6) is 0 Å². The van der Waals surface area contributed by atoms with Gasteiger partial charge in [-0.2, -0.15) is 0 Å². The molecule has 22 heavy (non-hydrogen) atoms. The summed E-state index contributed by atoms with van der Waals surface area (Å²) in [5.41, 5.74) is 2.76. The van der Waals surface area contributed by atoms with Crippen LogP contribution in [0.4, 0.5) is 5.69 Å². The third-order valence-electron chi connectivity index (χ3n) is 3.33. The lowest BCUT2D eigenvalue weighted by Gasteiger charge is -2.19. The molecule has 0 aliphatic heterocycles. The summed E-state index contributed by atoms with van der Waals surface area (Å²) in [6.07, 6.45) is 7.89. The quantitative estimate of drug-likeness (QED) is 0.889. The van der Waals surface area contributed by atoms with Crippen molar-refractivity contribution in [3.05, 3.63) is 54.1 Å². The van der Waals surface area contributed by atoms with E-state index >= 15 is 0 Å². The van der Waals surface area contributed by atoms with Gasteiger partial charge in [0.1, 0.15) is 0 Å². The molecule has 0 unspecified atom stereocenters. The second-order valence-corrected chi connectivity index (χ2v) is 5.59. The second kappa shape index (κ2) is 7.54. The number of carbonyl (C=O) groups excluding carboxylic acids is 1. The first-order valence-electron chi connectivity index (χ1n) is 7.42. The summed E-state index contributed by atoms with van der Waals surface area (Å²) in [5, 5.41) is 2.88. The van der Waals surface area contributed by atoms with E-state index in [1.54, 1.807) is 24.8 Å². The molecular weight excluding hydrogens is 276 g/mol. The number of anilines is 1. The Kier molecular flexibility index (Phi) is 5.47. The predicted octanol–water partition coefficient (Wildman–Crippen LogP) is 2.29. The SMILES string of the molecule is CC(C)NC(=O)c1cncc(N(C)CCc2ccncc2)c1. The van der Waals surface area contributed by atoms with Gasteiger partial charge in [-0.1, -0.05) is 0 Å². The number of hydrogen-bond acceptors (Lipinski definition) is 4. The summed E-state index contributed by atoms with van der Waals surface area (Å²) >= 11 is 0. The maximum atomic E-state index is 12.0.